The van der Waals surface area contributed by atoms with Crippen LogP contribution in [-0.4, -0.2) is 45.2 Å². The van der Waals surface area contributed by atoms with Gasteiger partial charge in [-0.05, 0) is 49.8 Å². The minimum atomic E-state index is -3.85. The molecule has 0 aliphatic rings. The van der Waals surface area contributed by atoms with E-state index in [1.165, 1.54) is 11.1 Å². The van der Waals surface area contributed by atoms with Crippen molar-refractivity contribution in [2.45, 2.75) is 11.3 Å². The van der Waals surface area contributed by atoms with Crippen molar-refractivity contribution in [3.05, 3.63) is 78.5 Å². The third-order valence-electron chi connectivity index (χ3n) is 6.29. The van der Waals surface area contributed by atoms with E-state index in [4.69, 9.17) is 9.47 Å². The molecule has 0 fully saturated rings. The maximum Gasteiger partial charge on any atom is 0.268 e. The van der Waals surface area contributed by atoms with E-state index in [1.54, 1.807) is 49.7 Å². The van der Waals surface area contributed by atoms with E-state index in [-0.39, 0.29) is 4.90 Å². The molecule has 0 saturated carbocycles. The molecule has 0 radical (unpaired) electrons. The van der Waals surface area contributed by atoms with Gasteiger partial charge >= 0.3 is 0 Å². The fraction of sp³-hybridized carbons (Fsp3) is 0.185. The molecule has 0 bridgehead atoms. The summed E-state index contributed by atoms with van der Waals surface area (Å²) in [6.07, 6.45) is 2.37. The van der Waals surface area contributed by atoms with E-state index in [2.05, 4.69) is 16.4 Å². The Kier molecular flexibility index (Phi) is 6.00. The summed E-state index contributed by atoms with van der Waals surface area (Å²) >= 11 is 0. The molecule has 0 spiro atoms. The molecule has 0 amide bonds. The summed E-state index contributed by atoms with van der Waals surface area (Å²) in [6, 6.07) is 20.1. The molecule has 0 saturated heterocycles. The summed E-state index contributed by atoms with van der Waals surface area (Å²) < 4.78 is 39.9. The predicted molar refractivity (Wildman–Crippen MR) is 139 cm³/mol. The molecule has 0 aliphatic carbocycles. The number of ether oxygens (including phenoxy) is 2. The molecular formula is C27H27N3O4S. The fourth-order valence-electron chi connectivity index (χ4n) is 4.65. The molecule has 7 nitrogen and oxygen atoms in total. The molecule has 5 rings (SSSR count). The van der Waals surface area contributed by atoms with Crippen molar-refractivity contribution in [2.75, 3.05) is 27.8 Å². The lowest BCUT2D eigenvalue weighted by Crippen LogP contribution is -2.12. The van der Waals surface area contributed by atoms with E-state index in [1.807, 2.05) is 31.3 Å². The number of hydrogen-bond acceptors (Lipinski definition) is 5. The molecular weight excluding hydrogens is 462 g/mol. The smallest absolute Gasteiger partial charge is 0.268 e. The van der Waals surface area contributed by atoms with Gasteiger partial charge in [-0.15, -0.1) is 0 Å². The molecule has 2 N–H and O–H groups in total. The van der Waals surface area contributed by atoms with Gasteiger partial charge in [-0.1, -0.05) is 36.4 Å². The summed E-state index contributed by atoms with van der Waals surface area (Å²) in [5.74, 6) is 1.01. The minimum absolute atomic E-state index is 0.206. The normalized spacial score (nSPS) is 11.9. The van der Waals surface area contributed by atoms with Gasteiger partial charge in [0.1, 0.15) is 17.0 Å². The average Bonchev–Trinajstić information content (AvgIpc) is 3.49. The topological polar surface area (TPSA) is 85.3 Å². The van der Waals surface area contributed by atoms with Crippen molar-refractivity contribution in [3.8, 4) is 22.8 Å². The number of likely N-dealkylation sites (N-methyl/N-ethyl adjacent to an activating group) is 1. The number of hydrogen-bond donors (Lipinski definition) is 2. The third-order valence-corrected chi connectivity index (χ3v) is 7.98. The number of fused-ring (bicyclic) bond motifs is 2. The largest absolute Gasteiger partial charge is 0.496 e. The van der Waals surface area contributed by atoms with E-state index in [0.717, 1.165) is 46.1 Å². The molecule has 35 heavy (non-hydrogen) atoms. The number of nitrogens with one attached hydrogen (secondary N) is 2. The molecule has 180 valence electrons. The lowest BCUT2D eigenvalue weighted by molar-refractivity contribution is 0.398. The van der Waals surface area contributed by atoms with Crippen LogP contribution in [0.1, 0.15) is 5.56 Å². The number of nitrogens with zero attached hydrogens (tertiary/aromatic N) is 1. The first kappa shape index (κ1) is 23.0. The van der Waals surface area contributed by atoms with Gasteiger partial charge in [0.2, 0.25) is 0 Å². The number of para-hydroxylation sites is 1. The second-order valence-electron chi connectivity index (χ2n) is 8.23. The Morgan fingerprint density at radius 1 is 0.914 bits per heavy atom. The second-order valence-corrected chi connectivity index (χ2v) is 10.0. The van der Waals surface area contributed by atoms with Gasteiger partial charge in [0.25, 0.3) is 10.0 Å². The number of aromatic nitrogens is 2. The third kappa shape index (κ3) is 3.75. The first-order chi connectivity index (χ1) is 17.0. The predicted octanol–water partition coefficient (Wildman–Crippen LogP) is 4.81. The number of aromatic amines is 1. The number of methoxy groups -OCH3 is 2. The maximum atomic E-state index is 13.6. The van der Waals surface area contributed by atoms with Crippen molar-refractivity contribution in [2.24, 2.45) is 0 Å². The Hall–Kier alpha value is -3.75. The van der Waals surface area contributed by atoms with Gasteiger partial charge in [-0.3, -0.25) is 0 Å². The van der Waals surface area contributed by atoms with E-state index in [9.17, 15) is 8.42 Å². The van der Waals surface area contributed by atoms with E-state index < -0.39 is 10.0 Å². The van der Waals surface area contributed by atoms with Gasteiger partial charge in [0, 0.05) is 28.6 Å². The second kappa shape index (κ2) is 9.13. The standard InChI is InChI=1S/C27H27N3O4S/c1-28-15-13-20-19-11-7-8-12-22(19)29-26(20)25-21-14-16-30(27(21)24(34-3)17-23(25)33-2)35(31,32)18-9-5-4-6-10-18/h4-12,14,16-17,28-29H,13,15H2,1-3H3. The van der Waals surface area contributed by atoms with Crippen molar-refractivity contribution in [1.29, 1.82) is 0 Å². The molecule has 8 heteroatoms. The molecule has 2 aromatic heterocycles. The van der Waals surface area contributed by atoms with Crippen LogP contribution < -0.4 is 14.8 Å². The molecule has 2 heterocycles. The minimum Gasteiger partial charge on any atom is -0.496 e. The lowest BCUT2D eigenvalue weighted by atomic mass is 9.98. The van der Waals surface area contributed by atoms with Crippen molar-refractivity contribution >= 4 is 31.8 Å². The molecule has 0 aliphatic heterocycles. The first-order valence-electron chi connectivity index (χ1n) is 11.3. The number of rotatable bonds is 8. The van der Waals surface area contributed by atoms with Crippen LogP contribution in [0.5, 0.6) is 11.5 Å². The summed E-state index contributed by atoms with van der Waals surface area (Å²) in [5, 5.41) is 5.07. The lowest BCUT2D eigenvalue weighted by Gasteiger charge is -2.16. The zero-order chi connectivity index (χ0) is 24.6. The average molecular weight is 490 g/mol. The van der Waals surface area contributed by atoms with Crippen molar-refractivity contribution < 1.29 is 17.9 Å². The van der Waals surface area contributed by atoms with Crippen LogP contribution in [-0.2, 0) is 16.4 Å². The number of benzene rings is 3. The Labute approximate surface area is 204 Å². The zero-order valence-electron chi connectivity index (χ0n) is 19.8. The Morgan fingerprint density at radius 2 is 1.63 bits per heavy atom. The highest BCUT2D eigenvalue weighted by Crippen LogP contribution is 2.45. The maximum absolute atomic E-state index is 13.6. The van der Waals surface area contributed by atoms with Gasteiger partial charge in [0.15, 0.2) is 0 Å². The highest BCUT2D eigenvalue weighted by atomic mass is 32.2. The van der Waals surface area contributed by atoms with Crippen LogP contribution in [0.15, 0.2) is 77.8 Å². The van der Waals surface area contributed by atoms with Gasteiger partial charge in [-0.2, -0.15) is 0 Å². The first-order valence-corrected chi connectivity index (χ1v) is 12.8. The van der Waals surface area contributed by atoms with Crippen molar-refractivity contribution in [3.63, 3.8) is 0 Å². The summed E-state index contributed by atoms with van der Waals surface area (Å²) in [4.78, 5) is 3.77. The van der Waals surface area contributed by atoms with Crippen molar-refractivity contribution in [1.82, 2.24) is 14.3 Å². The van der Waals surface area contributed by atoms with Crippen LogP contribution in [0, 0.1) is 0 Å². The molecule has 0 atom stereocenters. The van der Waals surface area contributed by atoms with Crippen LogP contribution >= 0.6 is 0 Å². The number of H-pyrrole nitrogens is 1. The van der Waals surface area contributed by atoms with Gasteiger partial charge in [-0.25, -0.2) is 12.4 Å². The van der Waals surface area contributed by atoms with Crippen LogP contribution in [0.2, 0.25) is 0 Å². The summed E-state index contributed by atoms with van der Waals surface area (Å²) in [7, 11) is 1.22. The van der Waals surface area contributed by atoms with Crippen LogP contribution in [0.25, 0.3) is 33.1 Å². The van der Waals surface area contributed by atoms with Crippen LogP contribution in [0.4, 0.5) is 0 Å². The molecule has 0 unspecified atom stereocenters. The fourth-order valence-corrected chi connectivity index (χ4v) is 6.03. The quantitative estimate of drug-likeness (QED) is 0.327. The van der Waals surface area contributed by atoms with Gasteiger partial charge in [0.05, 0.1) is 30.4 Å². The molecule has 3 aromatic carbocycles. The Bertz CT molecular complexity index is 1620. The summed E-state index contributed by atoms with van der Waals surface area (Å²) in [5.41, 5.74) is 4.31. The zero-order valence-corrected chi connectivity index (χ0v) is 20.6. The van der Waals surface area contributed by atoms with E-state index in [0.29, 0.717) is 17.0 Å². The monoisotopic (exact) mass is 489 g/mol. The SMILES string of the molecule is CNCCc1c(-c2c(OC)cc(OC)c3c2ccn3S(=O)(=O)c2ccccc2)[nH]c2ccccc12. The van der Waals surface area contributed by atoms with Crippen LogP contribution in [0.3, 0.4) is 0 Å². The van der Waals surface area contributed by atoms with E-state index >= 15 is 0 Å². The van der Waals surface area contributed by atoms with Gasteiger partial charge < -0.3 is 19.8 Å². The Balaban J connectivity index is 1.85. The summed E-state index contributed by atoms with van der Waals surface area (Å²) in [6.45, 7) is 0.792. The Morgan fingerprint density at radius 3 is 2.34 bits per heavy atom. The highest BCUT2D eigenvalue weighted by Gasteiger charge is 2.27. The highest BCUT2D eigenvalue weighted by molar-refractivity contribution is 7.90. The molecule has 5 aromatic rings.